The molecule has 2 atom stereocenters. The zero-order valence-electron chi connectivity index (χ0n) is 15.9. The van der Waals surface area contributed by atoms with Gasteiger partial charge in [0, 0.05) is 38.8 Å². The number of halogens is 3. The molecule has 0 saturated carbocycles. The van der Waals surface area contributed by atoms with Crippen molar-refractivity contribution >= 4 is 17.6 Å². The third-order valence-electron chi connectivity index (χ3n) is 5.09. The zero-order chi connectivity index (χ0) is 20.1. The highest BCUT2D eigenvalue weighted by molar-refractivity contribution is 5.97. The Bertz CT molecular complexity index is 695. The number of guanidine groups is 1. The summed E-state index contributed by atoms with van der Waals surface area (Å²) < 4.78 is 37.5. The molecule has 1 amide bonds. The van der Waals surface area contributed by atoms with Crippen molar-refractivity contribution in [3.8, 4) is 0 Å². The maximum absolute atomic E-state index is 12.5. The minimum atomic E-state index is -4.15. The summed E-state index contributed by atoms with van der Waals surface area (Å²) in [5.74, 6) is 0.770. The van der Waals surface area contributed by atoms with Gasteiger partial charge in [0.2, 0.25) is 5.91 Å². The number of amides is 1. The predicted octanol–water partition coefficient (Wildman–Crippen LogP) is 1.84. The van der Waals surface area contributed by atoms with E-state index in [1.54, 1.807) is 11.9 Å². The van der Waals surface area contributed by atoms with Crippen molar-refractivity contribution in [3.05, 3.63) is 30.3 Å². The molecule has 2 saturated heterocycles. The smallest absolute Gasteiger partial charge is 0.356 e. The van der Waals surface area contributed by atoms with Crippen LogP contribution in [0, 0.1) is 5.92 Å². The maximum Gasteiger partial charge on any atom is 0.401 e. The van der Waals surface area contributed by atoms with E-state index in [0.29, 0.717) is 38.6 Å². The van der Waals surface area contributed by atoms with E-state index in [1.165, 1.54) is 4.90 Å². The third kappa shape index (κ3) is 5.60. The van der Waals surface area contributed by atoms with E-state index in [0.717, 1.165) is 12.1 Å². The number of rotatable bonds is 5. The van der Waals surface area contributed by atoms with Gasteiger partial charge in [-0.2, -0.15) is 13.2 Å². The van der Waals surface area contributed by atoms with Crippen LogP contribution in [0.4, 0.5) is 18.9 Å². The highest BCUT2D eigenvalue weighted by Gasteiger charge is 2.34. The van der Waals surface area contributed by atoms with E-state index in [1.807, 2.05) is 30.3 Å². The molecule has 0 aliphatic carbocycles. The van der Waals surface area contributed by atoms with Crippen molar-refractivity contribution in [2.45, 2.75) is 25.1 Å². The highest BCUT2D eigenvalue weighted by Crippen LogP contribution is 2.23. The molecule has 2 N–H and O–H groups in total. The van der Waals surface area contributed by atoms with E-state index >= 15 is 0 Å². The molecule has 2 aliphatic heterocycles. The lowest BCUT2D eigenvalue weighted by Crippen LogP contribution is -2.46. The largest absolute Gasteiger partial charge is 0.401 e. The van der Waals surface area contributed by atoms with Crippen molar-refractivity contribution in [3.63, 3.8) is 0 Å². The van der Waals surface area contributed by atoms with Crippen LogP contribution < -0.4 is 15.5 Å². The number of anilines is 1. The average molecular weight is 397 g/mol. The average Bonchev–Trinajstić information content (AvgIpc) is 3.24. The number of nitrogens with zero attached hydrogens (tertiary/aromatic N) is 3. The first-order valence-electron chi connectivity index (χ1n) is 9.46. The highest BCUT2D eigenvalue weighted by atomic mass is 19.4. The molecule has 0 spiro atoms. The van der Waals surface area contributed by atoms with Crippen molar-refractivity contribution in [2.24, 2.45) is 10.9 Å². The number of hydrogen-bond donors (Lipinski definition) is 2. The first-order chi connectivity index (χ1) is 13.3. The molecule has 2 heterocycles. The molecule has 9 heteroatoms. The van der Waals surface area contributed by atoms with Gasteiger partial charge in [-0.3, -0.25) is 14.7 Å². The summed E-state index contributed by atoms with van der Waals surface area (Å²) in [6.45, 7) is 1.13. The summed E-state index contributed by atoms with van der Waals surface area (Å²) in [5.41, 5.74) is 0.871. The lowest BCUT2D eigenvalue weighted by atomic mass is 10.1. The van der Waals surface area contributed by atoms with E-state index in [2.05, 4.69) is 15.6 Å². The Labute approximate surface area is 162 Å². The predicted molar refractivity (Wildman–Crippen MR) is 102 cm³/mol. The second-order valence-electron chi connectivity index (χ2n) is 7.34. The van der Waals surface area contributed by atoms with Gasteiger partial charge in [0.1, 0.15) is 0 Å². The van der Waals surface area contributed by atoms with Crippen LogP contribution >= 0.6 is 0 Å². The van der Waals surface area contributed by atoms with Crippen molar-refractivity contribution in [2.75, 3.05) is 44.7 Å². The summed E-state index contributed by atoms with van der Waals surface area (Å²) >= 11 is 0. The van der Waals surface area contributed by atoms with Gasteiger partial charge in [-0.05, 0) is 31.0 Å². The van der Waals surface area contributed by atoms with E-state index in [9.17, 15) is 18.0 Å². The van der Waals surface area contributed by atoms with Crippen LogP contribution in [0.2, 0.25) is 0 Å². The summed E-state index contributed by atoms with van der Waals surface area (Å²) in [5, 5.41) is 6.44. The lowest BCUT2D eigenvalue weighted by molar-refractivity contribution is -0.143. The van der Waals surface area contributed by atoms with Crippen LogP contribution in [-0.2, 0) is 4.79 Å². The number of para-hydroxylation sites is 1. The first-order valence-corrected chi connectivity index (χ1v) is 9.46. The van der Waals surface area contributed by atoms with Gasteiger partial charge in [-0.25, -0.2) is 0 Å². The normalized spacial score (nSPS) is 24.1. The van der Waals surface area contributed by atoms with Gasteiger partial charge in [0.05, 0.1) is 12.6 Å². The molecular weight excluding hydrogens is 371 g/mol. The molecule has 2 aliphatic rings. The molecule has 2 unspecified atom stereocenters. The molecule has 28 heavy (non-hydrogen) atoms. The van der Waals surface area contributed by atoms with Crippen LogP contribution in [0.15, 0.2) is 35.3 Å². The Morgan fingerprint density at radius 2 is 2.00 bits per heavy atom. The number of carbonyl (C=O) groups is 1. The number of benzene rings is 1. The summed E-state index contributed by atoms with van der Waals surface area (Å²) in [6, 6.07) is 9.44. The van der Waals surface area contributed by atoms with Gasteiger partial charge >= 0.3 is 6.18 Å². The number of hydrogen-bond acceptors (Lipinski definition) is 3. The van der Waals surface area contributed by atoms with Crippen LogP contribution in [-0.4, -0.2) is 68.8 Å². The second kappa shape index (κ2) is 8.81. The first kappa shape index (κ1) is 20.4. The topological polar surface area (TPSA) is 60.0 Å². The molecule has 0 bridgehead atoms. The van der Waals surface area contributed by atoms with Crippen LogP contribution in [0.3, 0.4) is 0 Å². The van der Waals surface area contributed by atoms with E-state index in [-0.39, 0.29) is 17.9 Å². The molecule has 154 valence electrons. The standard InChI is InChI=1S/C19H26F3N5O/c1-23-18(24-10-14-7-8-26(11-14)13-19(20,21)22)25-15-9-17(28)27(12-15)16-5-3-2-4-6-16/h2-6,14-15H,7-13H2,1H3,(H2,23,24,25). The molecule has 3 rings (SSSR count). The second-order valence-corrected chi connectivity index (χ2v) is 7.34. The molecule has 2 fully saturated rings. The quantitative estimate of drug-likeness (QED) is 0.588. The fourth-order valence-corrected chi connectivity index (χ4v) is 3.77. The maximum atomic E-state index is 12.5. The molecule has 0 aromatic heterocycles. The Morgan fingerprint density at radius 1 is 1.25 bits per heavy atom. The minimum absolute atomic E-state index is 0.0535. The Balaban J connectivity index is 1.45. The SMILES string of the molecule is CN=C(NCC1CCN(CC(F)(F)F)C1)NC1CC(=O)N(c2ccccc2)C1. The third-order valence-corrected chi connectivity index (χ3v) is 5.09. The van der Waals surface area contributed by atoms with Crippen LogP contribution in [0.5, 0.6) is 0 Å². The number of carbonyl (C=O) groups excluding carboxylic acids is 1. The summed E-state index contributed by atoms with van der Waals surface area (Å²) in [7, 11) is 1.64. The number of alkyl halides is 3. The van der Waals surface area contributed by atoms with Crippen LogP contribution in [0.25, 0.3) is 0 Å². The number of nitrogens with one attached hydrogen (secondary N) is 2. The van der Waals surface area contributed by atoms with E-state index < -0.39 is 12.7 Å². The summed E-state index contributed by atoms with van der Waals surface area (Å²) in [6.07, 6.45) is -3.05. The van der Waals surface area contributed by atoms with Crippen molar-refractivity contribution in [1.82, 2.24) is 15.5 Å². The lowest BCUT2D eigenvalue weighted by Gasteiger charge is -2.20. The fourth-order valence-electron chi connectivity index (χ4n) is 3.77. The molecular formula is C19H26F3N5O. The Hall–Kier alpha value is -2.29. The summed E-state index contributed by atoms with van der Waals surface area (Å²) in [4.78, 5) is 19.7. The number of likely N-dealkylation sites (tertiary alicyclic amines) is 1. The van der Waals surface area contributed by atoms with Gasteiger partial charge in [0.25, 0.3) is 0 Å². The molecule has 1 aromatic rings. The monoisotopic (exact) mass is 397 g/mol. The van der Waals surface area contributed by atoms with Gasteiger partial charge in [0.15, 0.2) is 5.96 Å². The van der Waals surface area contributed by atoms with Gasteiger partial charge < -0.3 is 15.5 Å². The minimum Gasteiger partial charge on any atom is -0.356 e. The number of aliphatic imine (C=N–C) groups is 1. The zero-order valence-corrected chi connectivity index (χ0v) is 15.9. The molecule has 0 radical (unpaired) electrons. The Morgan fingerprint density at radius 3 is 2.68 bits per heavy atom. The van der Waals surface area contributed by atoms with Crippen molar-refractivity contribution in [1.29, 1.82) is 0 Å². The fraction of sp³-hybridized carbons (Fsp3) is 0.579. The van der Waals surface area contributed by atoms with Gasteiger partial charge in [-0.1, -0.05) is 18.2 Å². The van der Waals surface area contributed by atoms with Crippen LogP contribution in [0.1, 0.15) is 12.8 Å². The Kier molecular flexibility index (Phi) is 6.43. The van der Waals surface area contributed by atoms with Crippen molar-refractivity contribution < 1.29 is 18.0 Å². The molecule has 6 nitrogen and oxygen atoms in total. The van der Waals surface area contributed by atoms with E-state index in [4.69, 9.17) is 0 Å². The van der Waals surface area contributed by atoms with Gasteiger partial charge in [-0.15, -0.1) is 0 Å². The molecule has 1 aromatic carbocycles.